The van der Waals surface area contributed by atoms with Crippen LogP contribution in [0.2, 0.25) is 10.0 Å². The fourth-order valence-corrected chi connectivity index (χ4v) is 1.64. The van der Waals surface area contributed by atoms with Gasteiger partial charge in [-0.05, 0) is 30.2 Å². The second-order valence-electron chi connectivity index (χ2n) is 2.93. The summed E-state index contributed by atoms with van der Waals surface area (Å²) in [5.74, 6) is -1.04. The maximum atomic E-state index is 10.5. The third-order valence-corrected chi connectivity index (χ3v) is 2.13. The molecule has 1 unspecified atom stereocenters. The fourth-order valence-electron chi connectivity index (χ4n) is 1.07. The van der Waals surface area contributed by atoms with Crippen LogP contribution < -0.4 is 5.73 Å². The molecule has 0 fully saturated rings. The molecule has 0 saturated heterocycles. The van der Waals surface area contributed by atoms with Crippen LogP contribution in [-0.4, -0.2) is 17.1 Å². The molecule has 0 saturated carbocycles. The van der Waals surface area contributed by atoms with Crippen LogP contribution >= 0.6 is 23.2 Å². The second-order valence-corrected chi connectivity index (χ2v) is 3.80. The highest BCUT2D eigenvalue weighted by Gasteiger charge is 2.12. The van der Waals surface area contributed by atoms with E-state index in [1.54, 1.807) is 18.2 Å². The highest BCUT2D eigenvalue weighted by molar-refractivity contribution is 6.34. The van der Waals surface area contributed by atoms with Gasteiger partial charge in [0.15, 0.2) is 0 Å². The summed E-state index contributed by atoms with van der Waals surface area (Å²) in [6.07, 6.45) is 0.218. The van der Waals surface area contributed by atoms with Crippen LogP contribution in [0.3, 0.4) is 0 Å². The molecule has 1 rings (SSSR count). The Labute approximate surface area is 91.4 Å². The number of carbonyl (C=O) groups is 1. The van der Waals surface area contributed by atoms with Crippen molar-refractivity contribution < 1.29 is 9.90 Å². The van der Waals surface area contributed by atoms with Crippen molar-refractivity contribution in [3.63, 3.8) is 0 Å². The maximum Gasteiger partial charge on any atom is 0.320 e. The summed E-state index contributed by atoms with van der Waals surface area (Å²) < 4.78 is 0. The Morgan fingerprint density at radius 2 is 1.86 bits per heavy atom. The van der Waals surface area contributed by atoms with Crippen LogP contribution in [0.5, 0.6) is 0 Å². The van der Waals surface area contributed by atoms with Gasteiger partial charge in [-0.3, -0.25) is 4.79 Å². The lowest BCUT2D eigenvalue weighted by molar-refractivity contribution is -0.138. The molecule has 0 aliphatic carbocycles. The van der Waals surface area contributed by atoms with Crippen LogP contribution in [0.15, 0.2) is 18.2 Å². The predicted octanol–water partition coefficient (Wildman–Crippen LogP) is 1.95. The minimum atomic E-state index is -1.04. The summed E-state index contributed by atoms with van der Waals surface area (Å²) in [6.45, 7) is 0. The summed E-state index contributed by atoms with van der Waals surface area (Å²) in [5.41, 5.74) is 6.08. The average molecular weight is 234 g/mol. The van der Waals surface area contributed by atoms with Gasteiger partial charge >= 0.3 is 5.97 Å². The minimum absolute atomic E-state index is 0.218. The van der Waals surface area contributed by atoms with E-state index < -0.39 is 12.0 Å². The second kappa shape index (κ2) is 4.64. The highest BCUT2D eigenvalue weighted by atomic mass is 35.5. The van der Waals surface area contributed by atoms with Crippen molar-refractivity contribution in [2.75, 3.05) is 0 Å². The number of benzene rings is 1. The van der Waals surface area contributed by atoms with E-state index in [1.165, 1.54) is 0 Å². The molecule has 0 aliphatic rings. The Hall–Kier alpha value is -0.770. The SMILES string of the molecule is NC(Cc1cc(Cl)cc(Cl)c1)C(=O)O. The number of nitrogens with two attached hydrogens (primary N) is 1. The first-order valence-corrected chi connectivity index (χ1v) is 4.68. The third-order valence-electron chi connectivity index (χ3n) is 1.70. The van der Waals surface area contributed by atoms with E-state index in [1.807, 2.05) is 0 Å². The van der Waals surface area contributed by atoms with E-state index in [4.69, 9.17) is 34.0 Å². The molecule has 0 aromatic heterocycles. The molecule has 5 heteroatoms. The molecule has 0 aliphatic heterocycles. The molecule has 0 amide bonds. The van der Waals surface area contributed by atoms with Crippen molar-refractivity contribution in [3.05, 3.63) is 33.8 Å². The predicted molar refractivity (Wildman–Crippen MR) is 55.8 cm³/mol. The number of hydrogen-bond donors (Lipinski definition) is 2. The number of hydrogen-bond acceptors (Lipinski definition) is 2. The summed E-state index contributed by atoms with van der Waals surface area (Å²) in [5, 5.41) is 9.54. The van der Waals surface area contributed by atoms with Gasteiger partial charge < -0.3 is 10.8 Å². The molecule has 14 heavy (non-hydrogen) atoms. The van der Waals surface area contributed by atoms with Gasteiger partial charge in [-0.15, -0.1) is 0 Å². The fraction of sp³-hybridized carbons (Fsp3) is 0.222. The molecule has 1 aromatic rings. The first kappa shape index (κ1) is 11.3. The Morgan fingerprint density at radius 3 is 2.29 bits per heavy atom. The van der Waals surface area contributed by atoms with E-state index >= 15 is 0 Å². The van der Waals surface area contributed by atoms with Crippen molar-refractivity contribution in [2.45, 2.75) is 12.5 Å². The summed E-state index contributed by atoms with van der Waals surface area (Å²) in [7, 11) is 0. The summed E-state index contributed by atoms with van der Waals surface area (Å²) in [6, 6.07) is 3.95. The average Bonchev–Trinajstić information content (AvgIpc) is 2.01. The zero-order valence-corrected chi connectivity index (χ0v) is 8.72. The van der Waals surface area contributed by atoms with E-state index in [9.17, 15) is 4.79 Å². The molecular formula is C9H9Cl2NO2. The lowest BCUT2D eigenvalue weighted by atomic mass is 10.1. The van der Waals surface area contributed by atoms with Crippen molar-refractivity contribution in [1.29, 1.82) is 0 Å². The van der Waals surface area contributed by atoms with Crippen molar-refractivity contribution in [2.24, 2.45) is 5.73 Å². The molecule has 1 aromatic carbocycles. The van der Waals surface area contributed by atoms with Crippen LogP contribution in [0.4, 0.5) is 0 Å². The first-order chi connectivity index (χ1) is 6.49. The largest absolute Gasteiger partial charge is 0.480 e. The van der Waals surface area contributed by atoms with E-state index in [-0.39, 0.29) is 6.42 Å². The van der Waals surface area contributed by atoms with Gasteiger partial charge in [0.2, 0.25) is 0 Å². The van der Waals surface area contributed by atoms with Gasteiger partial charge in [0.25, 0.3) is 0 Å². The van der Waals surface area contributed by atoms with Crippen LogP contribution in [0.25, 0.3) is 0 Å². The van der Waals surface area contributed by atoms with Crippen molar-refractivity contribution in [1.82, 2.24) is 0 Å². The maximum absolute atomic E-state index is 10.5. The van der Waals surface area contributed by atoms with Gasteiger partial charge in [-0.25, -0.2) is 0 Å². The van der Waals surface area contributed by atoms with Crippen molar-refractivity contribution >= 4 is 29.2 Å². The van der Waals surface area contributed by atoms with Crippen molar-refractivity contribution in [3.8, 4) is 0 Å². The summed E-state index contributed by atoms with van der Waals surface area (Å²) >= 11 is 11.5. The molecule has 3 nitrogen and oxygen atoms in total. The number of aliphatic carboxylic acids is 1. The Bertz CT molecular complexity index is 334. The van der Waals surface area contributed by atoms with E-state index in [2.05, 4.69) is 0 Å². The van der Waals surface area contributed by atoms with E-state index in [0.29, 0.717) is 10.0 Å². The highest BCUT2D eigenvalue weighted by Crippen LogP contribution is 2.19. The molecule has 3 N–H and O–H groups in total. The smallest absolute Gasteiger partial charge is 0.320 e. The molecule has 76 valence electrons. The zero-order valence-electron chi connectivity index (χ0n) is 7.21. The zero-order chi connectivity index (χ0) is 10.7. The number of carboxylic acids is 1. The molecule has 0 spiro atoms. The van der Waals surface area contributed by atoms with Crippen LogP contribution in [0.1, 0.15) is 5.56 Å². The lowest BCUT2D eigenvalue weighted by Crippen LogP contribution is -2.32. The quantitative estimate of drug-likeness (QED) is 0.839. The van der Waals surface area contributed by atoms with Gasteiger partial charge in [-0.1, -0.05) is 23.2 Å². The number of rotatable bonds is 3. The summed E-state index contributed by atoms with van der Waals surface area (Å²) in [4.78, 5) is 10.5. The Morgan fingerprint density at radius 1 is 1.36 bits per heavy atom. The molecule has 0 heterocycles. The monoisotopic (exact) mass is 233 g/mol. The topological polar surface area (TPSA) is 63.3 Å². The van der Waals surface area contributed by atoms with Gasteiger partial charge in [0.05, 0.1) is 0 Å². The molecular weight excluding hydrogens is 225 g/mol. The molecule has 0 radical (unpaired) electrons. The Balaban J connectivity index is 2.81. The van der Waals surface area contributed by atoms with Gasteiger partial charge in [-0.2, -0.15) is 0 Å². The Kier molecular flexibility index (Phi) is 3.75. The van der Waals surface area contributed by atoms with Crippen LogP contribution in [0, 0.1) is 0 Å². The van der Waals surface area contributed by atoms with Gasteiger partial charge in [0, 0.05) is 10.0 Å². The van der Waals surface area contributed by atoms with Crippen LogP contribution in [-0.2, 0) is 11.2 Å². The number of halogens is 2. The minimum Gasteiger partial charge on any atom is -0.480 e. The van der Waals surface area contributed by atoms with E-state index in [0.717, 1.165) is 5.56 Å². The first-order valence-electron chi connectivity index (χ1n) is 3.92. The normalized spacial score (nSPS) is 12.5. The lowest BCUT2D eigenvalue weighted by Gasteiger charge is -2.06. The standard InChI is InChI=1S/C9H9Cl2NO2/c10-6-1-5(2-7(11)4-6)3-8(12)9(13)14/h1-2,4,8H,3,12H2,(H,13,14). The van der Waals surface area contributed by atoms with Gasteiger partial charge in [0.1, 0.15) is 6.04 Å². The molecule has 1 atom stereocenters. The molecule has 0 bridgehead atoms. The third kappa shape index (κ3) is 3.18. The number of carboxylic acid groups (broad SMARTS) is 1.